The van der Waals surface area contributed by atoms with Crippen LogP contribution in [0.25, 0.3) is 6.08 Å². The van der Waals surface area contributed by atoms with E-state index in [-0.39, 0.29) is 47.1 Å². The van der Waals surface area contributed by atoms with E-state index < -0.39 is 30.0 Å². The van der Waals surface area contributed by atoms with Crippen molar-refractivity contribution in [1.82, 2.24) is 5.32 Å². The highest BCUT2D eigenvalue weighted by atomic mass is 16.7. The fourth-order valence-electron chi connectivity index (χ4n) is 4.96. The van der Waals surface area contributed by atoms with Crippen molar-refractivity contribution in [2.75, 3.05) is 27.9 Å². The maximum atomic E-state index is 13.5. The smallest absolute Gasteiger partial charge is 0.342 e. The summed E-state index contributed by atoms with van der Waals surface area (Å²) in [5.74, 6) is -1.97. The molecule has 1 aliphatic heterocycles. The second kappa shape index (κ2) is 15.9. The van der Waals surface area contributed by atoms with Gasteiger partial charge in [0.1, 0.15) is 28.6 Å². The molecule has 3 rings (SSSR count). The summed E-state index contributed by atoms with van der Waals surface area (Å²) in [6.45, 7) is 1.82. The van der Waals surface area contributed by atoms with Crippen LogP contribution in [-0.4, -0.2) is 68.1 Å². The molecule has 0 aromatic heterocycles. The molecule has 228 valence electrons. The molecule has 1 amide bonds. The van der Waals surface area contributed by atoms with Crippen LogP contribution in [0.5, 0.6) is 17.2 Å². The van der Waals surface area contributed by atoms with E-state index in [1.165, 1.54) is 27.4 Å². The molecule has 0 aliphatic carbocycles. The Morgan fingerprint density at radius 1 is 1.07 bits per heavy atom. The molecule has 0 fully saturated rings. The number of ether oxygens (including phenoxy) is 4. The maximum absolute atomic E-state index is 13.5. The number of fused-ring (bicyclic) bond motifs is 1. The fraction of sp³-hybridized carbons (Fsp3) is 0.469. The first-order chi connectivity index (χ1) is 20.2. The number of rotatable bonds is 9. The summed E-state index contributed by atoms with van der Waals surface area (Å²) in [7, 11) is 4.45. The predicted molar refractivity (Wildman–Crippen MR) is 157 cm³/mol. The van der Waals surface area contributed by atoms with Crippen LogP contribution >= 0.6 is 0 Å². The number of carbonyl (C=O) groups is 3. The van der Waals surface area contributed by atoms with Gasteiger partial charge in [0, 0.05) is 45.0 Å². The number of Topliss-reactive ketones (excluding diaryl/α,β-unsaturated/α-hetero) is 1. The Morgan fingerprint density at radius 2 is 1.76 bits per heavy atom. The quantitative estimate of drug-likeness (QED) is 0.279. The number of phenolic OH excluding ortho intramolecular Hbond substituents is 2. The Balaban J connectivity index is 2.08. The van der Waals surface area contributed by atoms with E-state index in [0.29, 0.717) is 49.8 Å². The van der Waals surface area contributed by atoms with Gasteiger partial charge in [0.15, 0.2) is 6.29 Å². The van der Waals surface area contributed by atoms with E-state index in [1.54, 1.807) is 43.3 Å². The van der Waals surface area contributed by atoms with Crippen LogP contribution in [-0.2, 0) is 23.8 Å². The van der Waals surface area contributed by atoms with Crippen molar-refractivity contribution in [3.63, 3.8) is 0 Å². The number of cyclic esters (lactones) is 1. The van der Waals surface area contributed by atoms with Gasteiger partial charge >= 0.3 is 5.97 Å². The average molecular weight is 584 g/mol. The van der Waals surface area contributed by atoms with Crippen LogP contribution in [0.15, 0.2) is 36.4 Å². The van der Waals surface area contributed by atoms with Crippen molar-refractivity contribution in [1.29, 1.82) is 0 Å². The molecule has 0 bridgehead atoms. The molecule has 0 saturated carbocycles. The number of allylic oxidation sites excluding steroid dienone is 1. The summed E-state index contributed by atoms with van der Waals surface area (Å²) >= 11 is 0. The Kier molecular flexibility index (Phi) is 12.4. The number of hydrogen-bond acceptors (Lipinski definition) is 9. The number of benzene rings is 2. The van der Waals surface area contributed by atoms with Gasteiger partial charge in [0.25, 0.3) is 0 Å². The highest BCUT2D eigenvalue weighted by molar-refractivity contribution is 5.98. The zero-order valence-corrected chi connectivity index (χ0v) is 24.7. The van der Waals surface area contributed by atoms with Gasteiger partial charge in [-0.1, -0.05) is 24.3 Å². The average Bonchev–Trinajstić information content (AvgIpc) is 2.96. The summed E-state index contributed by atoms with van der Waals surface area (Å²) in [6.07, 6.45) is 5.31. The number of nitrogens with one attached hydrogen (secondary N) is 1. The first-order valence-electron chi connectivity index (χ1n) is 14.1. The summed E-state index contributed by atoms with van der Waals surface area (Å²) in [5, 5.41) is 25.6. The second-order valence-corrected chi connectivity index (χ2v) is 10.3. The van der Waals surface area contributed by atoms with Gasteiger partial charge in [0.05, 0.1) is 19.8 Å². The van der Waals surface area contributed by atoms with Gasteiger partial charge in [-0.3, -0.25) is 9.59 Å². The van der Waals surface area contributed by atoms with E-state index in [0.717, 1.165) is 0 Å². The van der Waals surface area contributed by atoms with Crippen LogP contribution < -0.4 is 10.1 Å². The lowest BCUT2D eigenvalue weighted by atomic mass is 9.84. The number of methoxy groups -OCH3 is 3. The minimum absolute atomic E-state index is 0.0221. The molecule has 2 atom stereocenters. The van der Waals surface area contributed by atoms with Gasteiger partial charge in [-0.2, -0.15) is 0 Å². The highest BCUT2D eigenvalue weighted by Crippen LogP contribution is 2.44. The second-order valence-electron chi connectivity index (χ2n) is 10.3. The molecule has 10 nitrogen and oxygen atoms in total. The van der Waals surface area contributed by atoms with Gasteiger partial charge in [-0.25, -0.2) is 4.79 Å². The molecule has 1 aliphatic rings. The molecule has 42 heavy (non-hydrogen) atoms. The van der Waals surface area contributed by atoms with E-state index in [9.17, 15) is 24.6 Å². The van der Waals surface area contributed by atoms with Gasteiger partial charge in [0.2, 0.25) is 5.91 Å². The number of aromatic hydroxyl groups is 2. The van der Waals surface area contributed by atoms with Crippen LogP contribution in [0.1, 0.15) is 84.8 Å². The maximum Gasteiger partial charge on any atom is 0.342 e. The third-order valence-corrected chi connectivity index (χ3v) is 7.30. The van der Waals surface area contributed by atoms with Crippen molar-refractivity contribution in [3.05, 3.63) is 58.7 Å². The number of ketones is 1. The van der Waals surface area contributed by atoms with Crippen molar-refractivity contribution >= 4 is 23.7 Å². The minimum atomic E-state index is -0.835. The van der Waals surface area contributed by atoms with Gasteiger partial charge in [-0.15, -0.1) is 0 Å². The SMILES string of the molecule is COc1ccc(C(CC(=O)NCC(OC)OC)c2c(O)cc3c(c2O)C(=O)OC(C)CCCC(=O)CCCC=C3)cc1. The molecule has 10 heteroatoms. The first kappa shape index (κ1) is 32.6. The van der Waals surface area contributed by atoms with Crippen LogP contribution in [0.3, 0.4) is 0 Å². The summed E-state index contributed by atoms with van der Waals surface area (Å²) in [4.78, 5) is 38.6. The summed E-state index contributed by atoms with van der Waals surface area (Å²) < 4.78 is 21.2. The Labute approximate surface area is 246 Å². The molecule has 2 aromatic rings. The Hall–Kier alpha value is -3.89. The number of hydrogen-bond donors (Lipinski definition) is 3. The van der Waals surface area contributed by atoms with Crippen LogP contribution in [0.4, 0.5) is 0 Å². The van der Waals surface area contributed by atoms with E-state index >= 15 is 0 Å². The molecule has 0 radical (unpaired) electrons. The fourth-order valence-corrected chi connectivity index (χ4v) is 4.96. The lowest BCUT2D eigenvalue weighted by molar-refractivity contribution is -0.127. The molecule has 1 heterocycles. The third-order valence-electron chi connectivity index (χ3n) is 7.30. The topological polar surface area (TPSA) is 141 Å². The number of carbonyl (C=O) groups excluding carboxylic acids is 3. The van der Waals surface area contributed by atoms with Crippen molar-refractivity contribution in [2.24, 2.45) is 0 Å². The number of esters is 1. The van der Waals surface area contributed by atoms with Crippen LogP contribution in [0.2, 0.25) is 0 Å². The van der Waals surface area contributed by atoms with Gasteiger partial charge < -0.3 is 34.5 Å². The van der Waals surface area contributed by atoms with Crippen LogP contribution in [0, 0.1) is 0 Å². The zero-order valence-electron chi connectivity index (χ0n) is 24.7. The van der Waals surface area contributed by atoms with Crippen molar-refractivity contribution in [3.8, 4) is 17.2 Å². The Morgan fingerprint density at radius 3 is 2.43 bits per heavy atom. The standard InChI is InChI=1S/C32H41NO9/c1-20-9-8-12-23(34)11-7-5-6-10-22-17-26(35)30(31(37)29(22)32(38)42-20)25(21-13-15-24(39-2)16-14-21)18-27(36)33-19-28(40-3)41-4/h6,10,13-17,20,25,28,35,37H,5,7-9,11-12,18-19H2,1-4H3,(H,33,36). The molecule has 3 N–H and O–H groups in total. The molecule has 0 saturated heterocycles. The lowest BCUT2D eigenvalue weighted by Gasteiger charge is -2.23. The van der Waals surface area contributed by atoms with E-state index in [4.69, 9.17) is 18.9 Å². The third kappa shape index (κ3) is 8.80. The minimum Gasteiger partial charge on any atom is -0.507 e. The summed E-state index contributed by atoms with van der Waals surface area (Å²) in [5.41, 5.74) is 0.801. The molecule has 2 unspecified atom stereocenters. The molecule has 0 spiro atoms. The largest absolute Gasteiger partial charge is 0.507 e. The summed E-state index contributed by atoms with van der Waals surface area (Å²) in [6, 6.07) is 8.28. The van der Waals surface area contributed by atoms with E-state index in [1.807, 2.05) is 0 Å². The van der Waals surface area contributed by atoms with Crippen molar-refractivity contribution in [2.45, 2.75) is 70.2 Å². The van der Waals surface area contributed by atoms with E-state index in [2.05, 4.69) is 5.32 Å². The predicted octanol–water partition coefficient (Wildman–Crippen LogP) is 4.85. The van der Waals surface area contributed by atoms with Crippen molar-refractivity contribution < 1.29 is 43.5 Å². The molecule has 2 aromatic carbocycles. The number of amides is 1. The lowest BCUT2D eigenvalue weighted by Crippen LogP contribution is -2.34. The Bertz CT molecular complexity index is 1250. The molecular weight excluding hydrogens is 542 g/mol. The molecular formula is C32H41NO9. The zero-order chi connectivity index (χ0) is 30.6. The van der Waals surface area contributed by atoms with Gasteiger partial charge in [-0.05, 0) is 61.9 Å². The normalized spacial score (nSPS) is 17.2. The highest BCUT2D eigenvalue weighted by Gasteiger charge is 2.31. The first-order valence-corrected chi connectivity index (χ1v) is 14.1. The number of phenols is 2. The monoisotopic (exact) mass is 583 g/mol.